The molecule has 1 aliphatic heterocycles. The summed E-state index contributed by atoms with van der Waals surface area (Å²) in [5.41, 5.74) is 0.839. The van der Waals surface area contributed by atoms with Gasteiger partial charge in [0.15, 0.2) is 0 Å². The van der Waals surface area contributed by atoms with Crippen molar-refractivity contribution >= 4 is 28.9 Å². The number of rotatable bonds is 7. The maximum atomic E-state index is 13.9. The van der Waals surface area contributed by atoms with Crippen LogP contribution in [0.5, 0.6) is 11.5 Å². The van der Waals surface area contributed by atoms with Crippen LogP contribution in [0.1, 0.15) is 11.1 Å². The molecule has 5 nitrogen and oxygen atoms in total. The van der Waals surface area contributed by atoms with Gasteiger partial charge in [-0.05, 0) is 48.0 Å². The van der Waals surface area contributed by atoms with Crippen LogP contribution in [-0.4, -0.2) is 38.1 Å². The summed E-state index contributed by atoms with van der Waals surface area (Å²) in [4.78, 5) is 16.1. The average molecular weight is 505 g/mol. The van der Waals surface area contributed by atoms with Crippen LogP contribution < -0.4 is 14.5 Å². The van der Waals surface area contributed by atoms with Gasteiger partial charge < -0.3 is 19.3 Å². The maximum absolute atomic E-state index is 13.9. The van der Waals surface area contributed by atoms with Crippen LogP contribution in [0.2, 0.25) is 0 Å². The number of alkyl halides is 4. The lowest BCUT2D eigenvalue weighted by Crippen LogP contribution is -2.36. The number of amides is 1. The van der Waals surface area contributed by atoms with E-state index in [2.05, 4.69) is 4.90 Å². The minimum Gasteiger partial charge on any atom is -0.457 e. The number of para-hydroxylation sites is 1. The fraction of sp³-hybridized carbons (Fsp3) is 0.269. The maximum Gasteiger partial charge on any atom is 0.420 e. The first-order chi connectivity index (χ1) is 16.8. The van der Waals surface area contributed by atoms with E-state index in [9.17, 15) is 18.0 Å². The number of hydrogen-bond donors (Lipinski definition) is 0. The van der Waals surface area contributed by atoms with Crippen molar-refractivity contribution in [2.24, 2.45) is 0 Å². The van der Waals surface area contributed by atoms with E-state index in [-0.39, 0.29) is 29.6 Å². The van der Waals surface area contributed by atoms with Gasteiger partial charge in [0.25, 0.3) is 0 Å². The molecule has 0 spiro atoms. The van der Waals surface area contributed by atoms with Crippen LogP contribution in [0.15, 0.2) is 72.8 Å². The molecule has 1 aliphatic rings. The zero-order valence-corrected chi connectivity index (χ0v) is 19.6. The highest BCUT2D eigenvalue weighted by molar-refractivity contribution is 6.29. The van der Waals surface area contributed by atoms with Crippen molar-refractivity contribution in [2.75, 3.05) is 42.0 Å². The zero-order chi connectivity index (χ0) is 24.8. The molecule has 3 aromatic carbocycles. The van der Waals surface area contributed by atoms with Gasteiger partial charge >= 0.3 is 6.18 Å². The summed E-state index contributed by atoms with van der Waals surface area (Å²) in [5, 5.41) is 0. The van der Waals surface area contributed by atoms with Gasteiger partial charge in [-0.3, -0.25) is 4.79 Å². The minimum absolute atomic E-state index is 0.0694. The van der Waals surface area contributed by atoms with Crippen molar-refractivity contribution in [3.8, 4) is 11.5 Å². The lowest BCUT2D eigenvalue weighted by Gasteiger charge is -2.29. The van der Waals surface area contributed by atoms with Gasteiger partial charge in [-0.1, -0.05) is 30.3 Å². The van der Waals surface area contributed by atoms with Crippen LogP contribution in [-0.2, 0) is 22.3 Å². The number of ether oxygens (including phenoxy) is 2. The summed E-state index contributed by atoms with van der Waals surface area (Å²) in [6, 6.07) is 19.4. The first-order valence-corrected chi connectivity index (χ1v) is 11.6. The number of nitrogens with zero attached hydrogens (tertiary/aromatic N) is 2. The highest BCUT2D eigenvalue weighted by Gasteiger charge is 2.36. The molecule has 0 aliphatic carbocycles. The molecular weight excluding hydrogens is 481 g/mol. The van der Waals surface area contributed by atoms with Gasteiger partial charge in [0.2, 0.25) is 5.91 Å². The van der Waals surface area contributed by atoms with Gasteiger partial charge in [0, 0.05) is 24.5 Å². The number of morpholine rings is 1. The van der Waals surface area contributed by atoms with Crippen LogP contribution in [0, 0.1) is 0 Å². The molecule has 0 bridgehead atoms. The molecule has 35 heavy (non-hydrogen) atoms. The second-order valence-corrected chi connectivity index (χ2v) is 8.24. The third-order valence-corrected chi connectivity index (χ3v) is 5.82. The Hall–Kier alpha value is -3.23. The Bertz CT molecular complexity index is 1150. The number of carbonyl (C=O) groups is 1. The Morgan fingerprint density at radius 3 is 2.43 bits per heavy atom. The molecule has 0 N–H and O–H groups in total. The molecule has 0 radical (unpaired) electrons. The third-order valence-electron chi connectivity index (χ3n) is 5.59. The first kappa shape index (κ1) is 24.9. The largest absolute Gasteiger partial charge is 0.457 e. The number of hydrogen-bond acceptors (Lipinski definition) is 4. The Morgan fingerprint density at radius 2 is 1.74 bits per heavy atom. The highest BCUT2D eigenvalue weighted by atomic mass is 35.5. The van der Waals surface area contributed by atoms with Crippen LogP contribution in [0.25, 0.3) is 0 Å². The predicted molar refractivity (Wildman–Crippen MR) is 129 cm³/mol. The summed E-state index contributed by atoms with van der Waals surface area (Å²) < 4.78 is 52.7. The molecule has 0 aromatic heterocycles. The van der Waals surface area contributed by atoms with Crippen LogP contribution in [0.3, 0.4) is 0 Å². The second kappa shape index (κ2) is 11.0. The summed E-state index contributed by atoms with van der Waals surface area (Å²) in [6.07, 6.45) is -4.69. The van der Waals surface area contributed by atoms with Crippen molar-refractivity contribution in [1.29, 1.82) is 0 Å². The topological polar surface area (TPSA) is 42.0 Å². The highest BCUT2D eigenvalue weighted by Crippen LogP contribution is 2.40. The summed E-state index contributed by atoms with van der Waals surface area (Å²) in [5.74, 6) is -0.944. The molecule has 1 amide bonds. The van der Waals surface area contributed by atoms with Gasteiger partial charge in [-0.25, -0.2) is 0 Å². The van der Waals surface area contributed by atoms with Gasteiger partial charge in [-0.15, -0.1) is 11.6 Å². The average Bonchev–Trinajstić information content (AvgIpc) is 2.88. The molecule has 1 fully saturated rings. The normalized spacial score (nSPS) is 14.0. The Balaban J connectivity index is 1.65. The summed E-state index contributed by atoms with van der Waals surface area (Å²) in [6.45, 7) is 2.80. The van der Waals surface area contributed by atoms with Gasteiger partial charge in [-0.2, -0.15) is 13.2 Å². The summed E-state index contributed by atoms with van der Waals surface area (Å²) >= 11 is 5.82. The Kier molecular flexibility index (Phi) is 7.83. The fourth-order valence-corrected chi connectivity index (χ4v) is 4.01. The lowest BCUT2D eigenvalue weighted by molar-refractivity contribution is -0.138. The molecule has 0 saturated carbocycles. The molecule has 184 valence electrons. The standard InChI is InChI=1S/C26H24ClF3N2O3/c27-17-25(33)32(18-19-5-4-6-20(15-19)31-11-13-34-14-12-31)21-9-10-24(23(16-21)26(28,29)30)35-22-7-2-1-3-8-22/h1-10,15-16H,11-14,17-18H2. The third kappa shape index (κ3) is 6.26. The van der Waals surface area contributed by atoms with Crippen molar-refractivity contribution < 1.29 is 27.4 Å². The van der Waals surface area contributed by atoms with E-state index in [1.807, 2.05) is 24.3 Å². The van der Waals surface area contributed by atoms with E-state index in [4.69, 9.17) is 21.1 Å². The number of anilines is 2. The van der Waals surface area contributed by atoms with E-state index >= 15 is 0 Å². The van der Waals surface area contributed by atoms with Gasteiger partial charge in [0.05, 0.1) is 19.8 Å². The molecule has 4 rings (SSSR count). The van der Waals surface area contributed by atoms with Crippen molar-refractivity contribution in [3.05, 3.63) is 83.9 Å². The SMILES string of the molecule is O=C(CCl)N(Cc1cccc(N2CCOCC2)c1)c1ccc(Oc2ccccc2)c(C(F)(F)F)c1. The molecule has 9 heteroatoms. The van der Waals surface area contributed by atoms with E-state index < -0.39 is 17.6 Å². The summed E-state index contributed by atoms with van der Waals surface area (Å²) in [7, 11) is 0. The van der Waals surface area contributed by atoms with Crippen molar-refractivity contribution in [2.45, 2.75) is 12.7 Å². The Morgan fingerprint density at radius 1 is 1.00 bits per heavy atom. The molecule has 0 atom stereocenters. The van der Waals surface area contributed by atoms with Crippen LogP contribution in [0.4, 0.5) is 24.5 Å². The molecule has 1 heterocycles. The Labute approximate surface area is 206 Å². The molecule has 1 saturated heterocycles. The van der Waals surface area contributed by atoms with Crippen molar-refractivity contribution in [3.63, 3.8) is 0 Å². The number of benzene rings is 3. The molecule has 0 unspecified atom stereocenters. The van der Waals surface area contributed by atoms with E-state index in [0.29, 0.717) is 13.2 Å². The minimum atomic E-state index is -4.69. The lowest BCUT2D eigenvalue weighted by atomic mass is 10.1. The predicted octanol–water partition coefficient (Wildman–Crippen LogP) is 6.11. The fourth-order valence-electron chi connectivity index (χ4n) is 3.86. The van der Waals surface area contributed by atoms with E-state index in [1.165, 1.54) is 17.0 Å². The van der Waals surface area contributed by atoms with E-state index in [0.717, 1.165) is 30.4 Å². The zero-order valence-electron chi connectivity index (χ0n) is 18.8. The first-order valence-electron chi connectivity index (χ1n) is 11.1. The van der Waals surface area contributed by atoms with Gasteiger partial charge in [0.1, 0.15) is 22.9 Å². The number of carbonyl (C=O) groups excluding carboxylic acids is 1. The number of halogens is 4. The molecular formula is C26H24ClF3N2O3. The quantitative estimate of drug-likeness (QED) is 0.364. The molecule has 3 aromatic rings. The second-order valence-electron chi connectivity index (χ2n) is 7.98. The van der Waals surface area contributed by atoms with Crippen molar-refractivity contribution in [1.82, 2.24) is 0 Å². The van der Waals surface area contributed by atoms with E-state index in [1.54, 1.807) is 30.3 Å². The monoisotopic (exact) mass is 504 g/mol. The smallest absolute Gasteiger partial charge is 0.420 e. The van der Waals surface area contributed by atoms with Crippen LogP contribution >= 0.6 is 11.6 Å².